The van der Waals surface area contributed by atoms with E-state index in [0.29, 0.717) is 5.95 Å². The third-order valence-corrected chi connectivity index (χ3v) is 4.39. The van der Waals surface area contributed by atoms with E-state index in [0.717, 1.165) is 42.2 Å². The molecule has 5 nitrogen and oxygen atoms in total. The number of hydrogen-bond donors (Lipinski definition) is 2. The van der Waals surface area contributed by atoms with Crippen molar-refractivity contribution in [2.75, 3.05) is 43.9 Å². The molecule has 0 saturated heterocycles. The second-order valence-electron chi connectivity index (χ2n) is 5.08. The van der Waals surface area contributed by atoms with E-state index in [9.17, 15) is 0 Å². The van der Waals surface area contributed by atoms with Crippen LogP contribution >= 0.6 is 11.3 Å². The molecule has 0 amide bonds. The zero-order valence-electron chi connectivity index (χ0n) is 13.4. The third-order valence-electron chi connectivity index (χ3n) is 3.45. The Kier molecular flexibility index (Phi) is 5.76. The Hall–Kier alpha value is -1.40. The summed E-state index contributed by atoms with van der Waals surface area (Å²) < 4.78 is 0. The summed E-state index contributed by atoms with van der Waals surface area (Å²) in [5.74, 6) is 1.61. The van der Waals surface area contributed by atoms with Gasteiger partial charge in [-0.2, -0.15) is 4.98 Å². The molecule has 0 saturated carbocycles. The maximum absolute atomic E-state index is 4.56. The molecule has 0 radical (unpaired) electrons. The predicted molar refractivity (Wildman–Crippen MR) is 92.6 cm³/mol. The van der Waals surface area contributed by atoms with Crippen molar-refractivity contribution >= 4 is 33.3 Å². The second kappa shape index (κ2) is 7.56. The van der Waals surface area contributed by atoms with Crippen LogP contribution in [0.15, 0.2) is 6.07 Å². The highest BCUT2D eigenvalue weighted by atomic mass is 32.1. The summed E-state index contributed by atoms with van der Waals surface area (Å²) in [6, 6.07) is 2.16. The Morgan fingerprint density at radius 1 is 1.24 bits per heavy atom. The first-order valence-corrected chi connectivity index (χ1v) is 8.41. The van der Waals surface area contributed by atoms with Crippen LogP contribution in [0.25, 0.3) is 10.2 Å². The first-order valence-electron chi connectivity index (χ1n) is 7.60. The van der Waals surface area contributed by atoms with Gasteiger partial charge in [-0.1, -0.05) is 13.8 Å². The van der Waals surface area contributed by atoms with Crippen LogP contribution in [0.4, 0.5) is 11.8 Å². The molecule has 0 aliphatic rings. The number of nitrogens with zero attached hydrogens (tertiary/aromatic N) is 3. The molecule has 0 spiro atoms. The summed E-state index contributed by atoms with van der Waals surface area (Å²) >= 11 is 1.71. The lowest BCUT2D eigenvalue weighted by molar-refractivity contribution is 0.300. The highest BCUT2D eigenvalue weighted by molar-refractivity contribution is 7.18. The first kappa shape index (κ1) is 16.0. The van der Waals surface area contributed by atoms with Crippen LogP contribution in [0.1, 0.15) is 25.1 Å². The van der Waals surface area contributed by atoms with E-state index in [1.807, 2.05) is 7.05 Å². The Bertz CT molecular complexity index is 581. The zero-order chi connectivity index (χ0) is 15.2. The lowest BCUT2D eigenvalue weighted by atomic mass is 10.3. The number of anilines is 2. The zero-order valence-corrected chi connectivity index (χ0v) is 14.2. The summed E-state index contributed by atoms with van der Waals surface area (Å²) in [6.45, 7) is 10.7. The number of thiophene rings is 1. The molecule has 2 aromatic heterocycles. The van der Waals surface area contributed by atoms with Crippen molar-refractivity contribution in [2.24, 2.45) is 0 Å². The summed E-state index contributed by atoms with van der Waals surface area (Å²) in [4.78, 5) is 13.8. The summed E-state index contributed by atoms with van der Waals surface area (Å²) in [5.41, 5.74) is 0. The molecule has 0 unspecified atom stereocenters. The van der Waals surface area contributed by atoms with Crippen molar-refractivity contribution in [1.82, 2.24) is 14.9 Å². The fourth-order valence-electron chi connectivity index (χ4n) is 2.37. The van der Waals surface area contributed by atoms with E-state index < -0.39 is 0 Å². The van der Waals surface area contributed by atoms with Crippen LogP contribution in [-0.2, 0) is 0 Å². The van der Waals surface area contributed by atoms with Crippen molar-refractivity contribution in [3.8, 4) is 0 Å². The van der Waals surface area contributed by atoms with Gasteiger partial charge in [0, 0.05) is 25.0 Å². The molecule has 2 rings (SSSR count). The Balaban J connectivity index is 2.10. The number of hydrogen-bond acceptors (Lipinski definition) is 6. The molecule has 21 heavy (non-hydrogen) atoms. The molecule has 0 fully saturated rings. The fraction of sp³-hybridized carbons (Fsp3) is 0.600. The van der Waals surface area contributed by atoms with Crippen LogP contribution in [0, 0.1) is 6.92 Å². The van der Waals surface area contributed by atoms with Crippen LogP contribution in [0.5, 0.6) is 0 Å². The summed E-state index contributed by atoms with van der Waals surface area (Å²) in [5, 5.41) is 7.63. The molecule has 2 N–H and O–H groups in total. The lowest BCUT2D eigenvalue weighted by Crippen LogP contribution is -2.29. The quantitative estimate of drug-likeness (QED) is 0.784. The Morgan fingerprint density at radius 2 is 2.05 bits per heavy atom. The first-order chi connectivity index (χ1) is 10.2. The molecule has 0 aliphatic heterocycles. The minimum absolute atomic E-state index is 0.674. The number of fused-ring (bicyclic) bond motifs is 1. The van der Waals surface area contributed by atoms with Crippen molar-refractivity contribution in [3.05, 3.63) is 10.9 Å². The normalized spacial score (nSPS) is 11.3. The minimum atomic E-state index is 0.674. The maximum atomic E-state index is 4.56. The molecule has 0 aliphatic carbocycles. The van der Waals surface area contributed by atoms with Gasteiger partial charge in [0.25, 0.3) is 0 Å². The van der Waals surface area contributed by atoms with Crippen molar-refractivity contribution < 1.29 is 0 Å². The molecule has 116 valence electrons. The largest absolute Gasteiger partial charge is 0.368 e. The number of aromatic nitrogens is 2. The molecule has 0 aromatic carbocycles. The number of nitrogens with one attached hydrogen (secondary N) is 2. The molecule has 0 atom stereocenters. The number of aryl methyl sites for hydroxylation is 1. The monoisotopic (exact) mass is 307 g/mol. The van der Waals surface area contributed by atoms with Gasteiger partial charge in [0.2, 0.25) is 5.95 Å². The van der Waals surface area contributed by atoms with Gasteiger partial charge in [-0.05, 0) is 32.5 Å². The SMILES string of the molecule is CCCN(CC)CCNc1nc(NC)nc2sc(C)cc12. The highest BCUT2D eigenvalue weighted by Gasteiger charge is 2.10. The number of likely N-dealkylation sites (N-methyl/N-ethyl adjacent to an activating group) is 1. The molecule has 6 heteroatoms. The van der Waals surface area contributed by atoms with Crippen LogP contribution < -0.4 is 10.6 Å². The van der Waals surface area contributed by atoms with Gasteiger partial charge in [-0.15, -0.1) is 11.3 Å². The van der Waals surface area contributed by atoms with E-state index >= 15 is 0 Å². The average Bonchev–Trinajstić information content (AvgIpc) is 2.86. The van der Waals surface area contributed by atoms with Crippen molar-refractivity contribution in [2.45, 2.75) is 27.2 Å². The van der Waals surface area contributed by atoms with Gasteiger partial charge in [0.1, 0.15) is 10.6 Å². The molecular formula is C15H25N5S. The molecule has 0 bridgehead atoms. The van der Waals surface area contributed by atoms with Gasteiger partial charge in [-0.25, -0.2) is 4.98 Å². The Labute approximate surface area is 130 Å². The van der Waals surface area contributed by atoms with Crippen LogP contribution in [0.2, 0.25) is 0 Å². The van der Waals surface area contributed by atoms with Gasteiger partial charge in [0.15, 0.2) is 0 Å². The fourth-order valence-corrected chi connectivity index (χ4v) is 3.24. The smallest absolute Gasteiger partial charge is 0.225 e. The van der Waals surface area contributed by atoms with Gasteiger partial charge < -0.3 is 15.5 Å². The molecule has 2 heterocycles. The van der Waals surface area contributed by atoms with Gasteiger partial charge >= 0.3 is 0 Å². The van der Waals surface area contributed by atoms with Crippen molar-refractivity contribution in [3.63, 3.8) is 0 Å². The minimum Gasteiger partial charge on any atom is -0.368 e. The molecule has 2 aromatic rings. The van der Waals surface area contributed by atoms with E-state index in [4.69, 9.17) is 0 Å². The Morgan fingerprint density at radius 3 is 2.71 bits per heavy atom. The summed E-state index contributed by atoms with van der Waals surface area (Å²) in [7, 11) is 1.85. The van der Waals surface area contributed by atoms with Crippen LogP contribution in [-0.4, -0.2) is 48.1 Å². The van der Waals surface area contributed by atoms with E-state index in [2.05, 4.69) is 52.3 Å². The van der Waals surface area contributed by atoms with E-state index in [-0.39, 0.29) is 0 Å². The predicted octanol–water partition coefficient (Wildman–Crippen LogP) is 3.19. The standard InChI is InChI=1S/C15H25N5S/c1-5-8-20(6-2)9-7-17-13-12-10-11(3)21-14(12)19-15(16-4)18-13/h10H,5-9H2,1-4H3,(H2,16,17,18,19). The van der Waals surface area contributed by atoms with E-state index in [1.165, 1.54) is 11.3 Å². The van der Waals surface area contributed by atoms with Gasteiger partial charge in [0.05, 0.1) is 5.39 Å². The topological polar surface area (TPSA) is 53.1 Å². The van der Waals surface area contributed by atoms with Crippen LogP contribution in [0.3, 0.4) is 0 Å². The summed E-state index contributed by atoms with van der Waals surface area (Å²) in [6.07, 6.45) is 1.19. The lowest BCUT2D eigenvalue weighted by Gasteiger charge is -2.19. The second-order valence-corrected chi connectivity index (χ2v) is 6.32. The third kappa shape index (κ3) is 4.04. The van der Waals surface area contributed by atoms with Crippen molar-refractivity contribution in [1.29, 1.82) is 0 Å². The maximum Gasteiger partial charge on any atom is 0.225 e. The average molecular weight is 307 g/mol. The highest BCUT2D eigenvalue weighted by Crippen LogP contribution is 2.29. The van der Waals surface area contributed by atoms with Gasteiger partial charge in [-0.3, -0.25) is 0 Å². The number of rotatable bonds is 8. The van der Waals surface area contributed by atoms with E-state index in [1.54, 1.807) is 11.3 Å². The molecular weight excluding hydrogens is 282 g/mol.